The first-order chi connectivity index (χ1) is 15.6. The van der Waals surface area contributed by atoms with Gasteiger partial charge < -0.3 is 14.5 Å². The Hall–Kier alpha value is -2.97. The van der Waals surface area contributed by atoms with Gasteiger partial charge in [-0.05, 0) is 62.1 Å². The zero-order valence-corrected chi connectivity index (χ0v) is 18.6. The van der Waals surface area contributed by atoms with Crippen molar-refractivity contribution in [2.24, 2.45) is 0 Å². The number of pyridine rings is 1. The maximum atomic E-state index is 11.4. The SMILES string of the molecule is CC(=O)N[C@@H]1C[C@H]2CC[C@@H](C1)N2Cc1cc2cc(Oc3nc4ncccc4s3)ccc2o1. The van der Waals surface area contributed by atoms with Crippen molar-refractivity contribution < 1.29 is 13.9 Å². The van der Waals surface area contributed by atoms with E-state index in [9.17, 15) is 4.79 Å². The van der Waals surface area contributed by atoms with Crippen molar-refractivity contribution in [1.82, 2.24) is 20.2 Å². The number of thiazole rings is 1. The number of fused-ring (bicyclic) bond motifs is 4. The Morgan fingerprint density at radius 3 is 2.88 bits per heavy atom. The van der Waals surface area contributed by atoms with Crippen LogP contribution < -0.4 is 10.1 Å². The Labute approximate surface area is 189 Å². The first-order valence-corrected chi connectivity index (χ1v) is 11.9. The monoisotopic (exact) mass is 448 g/mol. The molecule has 1 N–H and O–H groups in total. The van der Waals surface area contributed by atoms with E-state index >= 15 is 0 Å². The van der Waals surface area contributed by atoms with Crippen LogP contribution >= 0.6 is 11.3 Å². The van der Waals surface area contributed by atoms with E-state index in [1.165, 1.54) is 24.2 Å². The molecule has 2 aliphatic rings. The van der Waals surface area contributed by atoms with Crippen LogP contribution in [0.15, 0.2) is 47.0 Å². The molecular weight excluding hydrogens is 424 g/mol. The van der Waals surface area contributed by atoms with Gasteiger partial charge in [0.2, 0.25) is 5.91 Å². The molecule has 8 heteroatoms. The van der Waals surface area contributed by atoms with Crippen LogP contribution in [-0.2, 0) is 11.3 Å². The highest BCUT2D eigenvalue weighted by atomic mass is 32.1. The van der Waals surface area contributed by atoms with Crippen molar-refractivity contribution in [2.75, 3.05) is 0 Å². The lowest BCUT2D eigenvalue weighted by Crippen LogP contribution is -2.49. The van der Waals surface area contributed by atoms with E-state index in [1.807, 2.05) is 30.3 Å². The van der Waals surface area contributed by atoms with Gasteiger partial charge in [-0.3, -0.25) is 9.69 Å². The van der Waals surface area contributed by atoms with Gasteiger partial charge >= 0.3 is 0 Å². The van der Waals surface area contributed by atoms with Crippen molar-refractivity contribution in [3.05, 3.63) is 48.4 Å². The summed E-state index contributed by atoms with van der Waals surface area (Å²) >= 11 is 1.48. The molecule has 2 aliphatic heterocycles. The third-order valence-electron chi connectivity index (χ3n) is 6.52. The quantitative estimate of drug-likeness (QED) is 0.470. The number of ether oxygens (including phenoxy) is 1. The summed E-state index contributed by atoms with van der Waals surface area (Å²) in [6, 6.07) is 13.2. The topological polar surface area (TPSA) is 80.5 Å². The lowest BCUT2D eigenvalue weighted by atomic mass is 9.97. The van der Waals surface area contributed by atoms with E-state index in [2.05, 4.69) is 26.3 Å². The first kappa shape index (κ1) is 19.7. The average Bonchev–Trinajstić information content (AvgIpc) is 3.41. The molecule has 164 valence electrons. The molecule has 2 bridgehead atoms. The highest BCUT2D eigenvalue weighted by Crippen LogP contribution is 2.38. The molecule has 0 aliphatic carbocycles. The third-order valence-corrected chi connectivity index (χ3v) is 7.41. The molecule has 0 spiro atoms. The van der Waals surface area contributed by atoms with Gasteiger partial charge in [0.15, 0.2) is 5.65 Å². The highest BCUT2D eigenvalue weighted by Gasteiger charge is 2.41. The second-order valence-electron chi connectivity index (χ2n) is 8.75. The Morgan fingerprint density at radius 1 is 1.25 bits per heavy atom. The van der Waals surface area contributed by atoms with Gasteiger partial charge in [0.25, 0.3) is 5.19 Å². The minimum absolute atomic E-state index is 0.0697. The summed E-state index contributed by atoms with van der Waals surface area (Å²) < 4.78 is 13.2. The number of aromatic nitrogens is 2. The molecule has 4 aromatic rings. The number of benzene rings is 1. The predicted molar refractivity (Wildman–Crippen MR) is 123 cm³/mol. The summed E-state index contributed by atoms with van der Waals surface area (Å²) in [5.41, 5.74) is 1.56. The summed E-state index contributed by atoms with van der Waals surface area (Å²) in [4.78, 5) is 22.7. The highest BCUT2D eigenvalue weighted by molar-refractivity contribution is 7.20. The number of nitrogens with one attached hydrogen (secondary N) is 1. The van der Waals surface area contributed by atoms with E-state index in [-0.39, 0.29) is 5.91 Å². The summed E-state index contributed by atoms with van der Waals surface area (Å²) in [7, 11) is 0. The Balaban J connectivity index is 1.17. The molecule has 1 amide bonds. The van der Waals surface area contributed by atoms with Crippen LogP contribution in [0.5, 0.6) is 10.9 Å². The third kappa shape index (κ3) is 3.73. The maximum Gasteiger partial charge on any atom is 0.281 e. The van der Waals surface area contributed by atoms with Gasteiger partial charge in [-0.2, -0.15) is 4.98 Å². The molecular formula is C24H24N4O3S. The number of amides is 1. The van der Waals surface area contributed by atoms with Gasteiger partial charge in [0, 0.05) is 36.6 Å². The van der Waals surface area contributed by atoms with Crippen LogP contribution in [0, 0.1) is 0 Å². The van der Waals surface area contributed by atoms with Crippen molar-refractivity contribution in [3.63, 3.8) is 0 Å². The number of nitrogens with zero attached hydrogens (tertiary/aromatic N) is 3. The Kier molecular flexibility index (Phi) is 4.84. The molecule has 32 heavy (non-hydrogen) atoms. The van der Waals surface area contributed by atoms with Crippen molar-refractivity contribution in [2.45, 2.75) is 57.3 Å². The van der Waals surface area contributed by atoms with E-state index in [0.717, 1.165) is 46.6 Å². The Bertz CT molecular complexity index is 1250. The number of furan rings is 1. The molecule has 1 aromatic carbocycles. The number of carbonyl (C=O) groups excluding carboxylic acids is 1. The standard InChI is InChI=1S/C24H24N4O3S/c1-14(29)26-16-11-17-4-5-18(12-16)28(17)13-20-10-15-9-19(6-7-21(15)30-20)31-24-27-23-22(32-24)3-2-8-25-23/h2-3,6-10,16-18H,4-5,11-13H2,1H3,(H,26,29)/t16-,17-,18+. The largest absolute Gasteiger partial charge is 0.460 e. The van der Waals surface area contributed by atoms with Crippen LogP contribution in [0.2, 0.25) is 0 Å². The summed E-state index contributed by atoms with van der Waals surface area (Å²) in [5, 5.41) is 4.72. The van der Waals surface area contributed by atoms with Gasteiger partial charge in [0.1, 0.15) is 17.1 Å². The molecule has 6 rings (SSSR count). The number of hydrogen-bond acceptors (Lipinski definition) is 7. The van der Waals surface area contributed by atoms with Crippen LogP contribution in [0.3, 0.4) is 0 Å². The summed E-state index contributed by atoms with van der Waals surface area (Å²) in [6.45, 7) is 2.41. The Morgan fingerprint density at radius 2 is 2.09 bits per heavy atom. The van der Waals surface area contributed by atoms with Crippen molar-refractivity contribution in [1.29, 1.82) is 0 Å². The molecule has 0 saturated carbocycles. The second-order valence-corrected chi connectivity index (χ2v) is 9.74. The van der Waals surface area contributed by atoms with Gasteiger partial charge in [-0.25, -0.2) is 4.98 Å². The van der Waals surface area contributed by atoms with E-state index in [1.54, 1.807) is 13.1 Å². The smallest absolute Gasteiger partial charge is 0.281 e. The molecule has 0 radical (unpaired) electrons. The first-order valence-electron chi connectivity index (χ1n) is 11.1. The second kappa shape index (κ2) is 7.86. The number of piperidine rings is 1. The lowest BCUT2D eigenvalue weighted by Gasteiger charge is -2.38. The average molecular weight is 449 g/mol. The summed E-state index contributed by atoms with van der Waals surface area (Å²) in [6.07, 6.45) is 6.15. The maximum absolute atomic E-state index is 11.4. The van der Waals surface area contributed by atoms with Crippen molar-refractivity contribution >= 4 is 38.6 Å². The molecule has 7 nitrogen and oxygen atoms in total. The van der Waals surface area contributed by atoms with Crippen molar-refractivity contribution in [3.8, 4) is 10.9 Å². The van der Waals surface area contributed by atoms with Gasteiger partial charge in [0.05, 0.1) is 11.2 Å². The fraction of sp³-hybridized carbons (Fsp3) is 0.375. The number of carbonyl (C=O) groups is 1. The molecule has 3 aromatic heterocycles. The van der Waals surface area contributed by atoms with E-state index in [4.69, 9.17) is 9.15 Å². The fourth-order valence-electron chi connectivity index (χ4n) is 5.23. The predicted octanol–water partition coefficient (Wildman–Crippen LogP) is 4.86. The minimum Gasteiger partial charge on any atom is -0.460 e. The number of hydrogen-bond donors (Lipinski definition) is 1. The zero-order chi connectivity index (χ0) is 21.7. The molecule has 2 fully saturated rings. The molecule has 2 saturated heterocycles. The lowest BCUT2D eigenvalue weighted by molar-refractivity contribution is -0.120. The van der Waals surface area contributed by atoms with Gasteiger partial charge in [-0.15, -0.1) is 0 Å². The fourth-order valence-corrected chi connectivity index (χ4v) is 6.02. The van der Waals surface area contributed by atoms with Crippen LogP contribution in [0.1, 0.15) is 38.4 Å². The number of rotatable bonds is 5. The van der Waals surface area contributed by atoms with Crippen LogP contribution in [0.25, 0.3) is 21.3 Å². The van der Waals surface area contributed by atoms with Crippen LogP contribution in [0.4, 0.5) is 0 Å². The van der Waals surface area contributed by atoms with Gasteiger partial charge in [-0.1, -0.05) is 11.3 Å². The summed E-state index contributed by atoms with van der Waals surface area (Å²) in [5.74, 6) is 1.77. The molecule has 0 unspecified atom stereocenters. The minimum atomic E-state index is 0.0697. The molecule has 5 heterocycles. The molecule has 3 atom stereocenters. The zero-order valence-electron chi connectivity index (χ0n) is 17.8. The van der Waals surface area contributed by atoms with Crippen LogP contribution in [-0.4, -0.2) is 38.9 Å². The normalized spacial score (nSPS) is 23.1. The van der Waals surface area contributed by atoms with E-state index in [0.29, 0.717) is 29.0 Å². The van der Waals surface area contributed by atoms with E-state index < -0.39 is 0 Å².